The summed E-state index contributed by atoms with van der Waals surface area (Å²) in [7, 11) is 2.18. The van der Waals surface area contributed by atoms with Crippen LogP contribution in [0.3, 0.4) is 0 Å². The van der Waals surface area contributed by atoms with E-state index in [0.717, 1.165) is 14.2 Å². The normalized spacial score (nSPS) is 15.0. The van der Waals surface area contributed by atoms with Crippen molar-refractivity contribution in [1.29, 1.82) is 0 Å². The van der Waals surface area contributed by atoms with Gasteiger partial charge in [-0.05, 0) is 26.7 Å². The van der Waals surface area contributed by atoms with Gasteiger partial charge >= 0.3 is 24.2 Å². The fraction of sp³-hybridized carbons (Fsp3) is 0.765. The second-order valence-electron chi connectivity index (χ2n) is 6.08. The molecule has 2 unspecified atom stereocenters. The zero-order valence-electron chi connectivity index (χ0n) is 16.1. The number of carboxylic acids is 2. The minimum Gasteiger partial charge on any atom is -0.481 e. The third-order valence-corrected chi connectivity index (χ3v) is 4.46. The molecule has 0 saturated heterocycles. The van der Waals surface area contributed by atoms with Gasteiger partial charge in [0.15, 0.2) is 0 Å². The monoisotopic (exact) mass is 392 g/mol. The number of hydrogen-bond donors (Lipinski definition) is 2. The summed E-state index contributed by atoms with van der Waals surface area (Å²) in [6.07, 6.45) is -2.34. The molecule has 0 saturated carbocycles. The van der Waals surface area contributed by atoms with Gasteiger partial charge in [0.25, 0.3) is 0 Å². The number of hydrogen-bond acceptors (Lipinski definition) is 8. The molecule has 0 aromatic heterocycles. The maximum absolute atomic E-state index is 12.1. The Hall–Kier alpha value is -2.52. The molecule has 0 heterocycles. The van der Waals surface area contributed by atoms with Gasteiger partial charge in [-0.15, -0.1) is 0 Å². The summed E-state index contributed by atoms with van der Waals surface area (Å²) in [5.41, 5.74) is -1.73. The summed E-state index contributed by atoms with van der Waals surface area (Å²) in [6, 6.07) is 0. The third kappa shape index (κ3) is 7.71. The lowest BCUT2D eigenvalue weighted by Gasteiger charge is -2.38. The van der Waals surface area contributed by atoms with E-state index in [0.29, 0.717) is 25.7 Å². The van der Waals surface area contributed by atoms with Crippen LogP contribution in [0.4, 0.5) is 9.59 Å². The number of carbonyl (C=O) groups excluding carboxylic acids is 2. The van der Waals surface area contributed by atoms with Gasteiger partial charge in [0, 0.05) is 6.42 Å². The number of methoxy groups -OCH3 is 2. The Morgan fingerprint density at radius 3 is 1.63 bits per heavy atom. The summed E-state index contributed by atoms with van der Waals surface area (Å²) in [5, 5.41) is 18.5. The predicted octanol–water partition coefficient (Wildman–Crippen LogP) is 2.83. The van der Waals surface area contributed by atoms with Crippen molar-refractivity contribution in [2.24, 2.45) is 5.41 Å². The van der Waals surface area contributed by atoms with Crippen molar-refractivity contribution in [2.45, 2.75) is 64.6 Å². The van der Waals surface area contributed by atoms with Crippen molar-refractivity contribution in [1.82, 2.24) is 0 Å². The molecule has 0 aliphatic heterocycles. The van der Waals surface area contributed by atoms with Crippen LogP contribution in [0.1, 0.15) is 52.4 Å². The van der Waals surface area contributed by atoms with Crippen LogP contribution in [0.25, 0.3) is 0 Å². The molecular weight excluding hydrogens is 364 g/mol. The molecule has 0 spiro atoms. The minimum absolute atomic E-state index is 0.0335. The summed E-state index contributed by atoms with van der Waals surface area (Å²) in [6.45, 7) is 2.76. The maximum atomic E-state index is 12.1. The first-order valence-electron chi connectivity index (χ1n) is 8.56. The molecule has 0 bridgehead atoms. The SMILES string of the molecule is COC(=O)OC(C)C(CCCCCCC(=O)O)(C(=O)O)C(C)OC(=O)OC. The van der Waals surface area contributed by atoms with Crippen LogP contribution in [0.15, 0.2) is 0 Å². The number of carbonyl (C=O) groups is 4. The van der Waals surface area contributed by atoms with Crippen LogP contribution in [0.5, 0.6) is 0 Å². The van der Waals surface area contributed by atoms with E-state index < -0.39 is 41.9 Å². The highest BCUT2D eigenvalue weighted by Gasteiger charge is 2.52. The van der Waals surface area contributed by atoms with Crippen LogP contribution in [0, 0.1) is 5.41 Å². The molecule has 0 fully saturated rings. The van der Waals surface area contributed by atoms with E-state index in [-0.39, 0.29) is 12.8 Å². The van der Waals surface area contributed by atoms with E-state index in [4.69, 9.17) is 14.6 Å². The lowest BCUT2D eigenvalue weighted by Crippen LogP contribution is -2.52. The molecule has 2 N–H and O–H groups in total. The highest BCUT2D eigenvalue weighted by molar-refractivity contribution is 5.77. The van der Waals surface area contributed by atoms with E-state index in [9.17, 15) is 24.3 Å². The van der Waals surface area contributed by atoms with Crippen molar-refractivity contribution < 1.29 is 48.3 Å². The third-order valence-electron chi connectivity index (χ3n) is 4.46. The van der Waals surface area contributed by atoms with Crippen LogP contribution in [0.2, 0.25) is 0 Å². The largest absolute Gasteiger partial charge is 0.508 e. The first kappa shape index (κ1) is 24.5. The molecule has 0 aliphatic carbocycles. The van der Waals surface area contributed by atoms with Crippen LogP contribution in [-0.4, -0.2) is 60.9 Å². The number of ether oxygens (including phenoxy) is 4. The zero-order chi connectivity index (χ0) is 21.0. The Balaban J connectivity index is 5.28. The van der Waals surface area contributed by atoms with Gasteiger partial charge in [0.05, 0.1) is 14.2 Å². The molecule has 0 radical (unpaired) electrons. The Morgan fingerprint density at radius 1 is 0.815 bits per heavy atom. The quantitative estimate of drug-likeness (QED) is 0.375. The molecule has 0 amide bonds. The molecule has 0 rings (SSSR count). The van der Waals surface area contributed by atoms with Gasteiger partial charge in [-0.2, -0.15) is 0 Å². The summed E-state index contributed by atoms with van der Waals surface area (Å²) in [5.74, 6) is -2.20. The number of rotatable bonds is 12. The summed E-state index contributed by atoms with van der Waals surface area (Å²) < 4.78 is 18.9. The Labute approximate surface area is 157 Å². The highest BCUT2D eigenvalue weighted by atomic mass is 16.7. The average Bonchev–Trinajstić information content (AvgIpc) is 2.59. The van der Waals surface area contributed by atoms with Gasteiger partial charge in [-0.25, -0.2) is 9.59 Å². The van der Waals surface area contributed by atoms with E-state index in [2.05, 4.69) is 9.47 Å². The molecule has 0 aliphatic rings. The molecule has 10 nitrogen and oxygen atoms in total. The second-order valence-corrected chi connectivity index (χ2v) is 6.08. The molecule has 156 valence electrons. The predicted molar refractivity (Wildman–Crippen MR) is 91.3 cm³/mol. The first-order chi connectivity index (χ1) is 12.6. The van der Waals surface area contributed by atoms with E-state index in [1.54, 1.807) is 0 Å². The van der Waals surface area contributed by atoms with E-state index >= 15 is 0 Å². The zero-order valence-corrected chi connectivity index (χ0v) is 16.1. The Bertz CT molecular complexity index is 492. The molecule has 0 aromatic carbocycles. The standard InChI is InChI=1S/C17H28O10/c1-11(26-15(22)24-3)17(14(20)21,12(2)27-16(23)25-4)10-8-6-5-7-9-13(18)19/h11-12H,5-10H2,1-4H3,(H,18,19)(H,20,21). The Morgan fingerprint density at radius 2 is 1.26 bits per heavy atom. The van der Waals surface area contributed by atoms with Crippen molar-refractivity contribution >= 4 is 24.2 Å². The smallest absolute Gasteiger partial charge is 0.481 e. The van der Waals surface area contributed by atoms with Crippen LogP contribution < -0.4 is 0 Å². The van der Waals surface area contributed by atoms with Gasteiger partial charge in [0.2, 0.25) is 0 Å². The van der Waals surface area contributed by atoms with Crippen LogP contribution >= 0.6 is 0 Å². The second kappa shape index (κ2) is 12.0. The number of carboxylic acid groups (broad SMARTS) is 2. The maximum Gasteiger partial charge on any atom is 0.508 e. The average molecular weight is 392 g/mol. The molecule has 2 atom stereocenters. The van der Waals surface area contributed by atoms with Gasteiger partial charge in [-0.1, -0.05) is 19.3 Å². The molecule has 10 heteroatoms. The number of unbranched alkanes of at least 4 members (excludes halogenated alkanes) is 3. The summed E-state index contributed by atoms with van der Waals surface area (Å²) in [4.78, 5) is 45.5. The van der Waals surface area contributed by atoms with E-state index in [1.165, 1.54) is 13.8 Å². The van der Waals surface area contributed by atoms with Crippen molar-refractivity contribution in [3.05, 3.63) is 0 Å². The first-order valence-corrected chi connectivity index (χ1v) is 8.56. The lowest BCUT2D eigenvalue weighted by atomic mass is 9.73. The topological polar surface area (TPSA) is 146 Å². The van der Waals surface area contributed by atoms with E-state index in [1.807, 2.05) is 0 Å². The molecule has 0 aromatic rings. The Kier molecular flexibility index (Phi) is 10.9. The highest BCUT2D eigenvalue weighted by Crippen LogP contribution is 2.38. The fourth-order valence-electron chi connectivity index (χ4n) is 2.83. The van der Waals surface area contributed by atoms with Crippen molar-refractivity contribution in [3.63, 3.8) is 0 Å². The minimum atomic E-state index is -1.73. The number of aliphatic carboxylic acids is 2. The molecular formula is C17H28O10. The van der Waals surface area contributed by atoms with Crippen molar-refractivity contribution in [2.75, 3.05) is 14.2 Å². The van der Waals surface area contributed by atoms with Crippen LogP contribution in [-0.2, 0) is 28.5 Å². The van der Waals surface area contributed by atoms with Gasteiger partial charge < -0.3 is 29.2 Å². The van der Waals surface area contributed by atoms with Gasteiger partial charge in [-0.3, -0.25) is 9.59 Å². The lowest BCUT2D eigenvalue weighted by molar-refractivity contribution is -0.170. The van der Waals surface area contributed by atoms with Crippen molar-refractivity contribution in [3.8, 4) is 0 Å². The molecule has 27 heavy (non-hydrogen) atoms. The van der Waals surface area contributed by atoms with Gasteiger partial charge in [0.1, 0.15) is 17.6 Å². The fourth-order valence-corrected chi connectivity index (χ4v) is 2.83. The summed E-state index contributed by atoms with van der Waals surface area (Å²) >= 11 is 0.